The molecular formula is C21H23FN2OS. The molecular weight excluding hydrogens is 347 g/mol. The molecule has 0 radical (unpaired) electrons. The molecule has 0 bridgehead atoms. The van der Waals surface area contributed by atoms with Crippen molar-refractivity contribution in [2.75, 3.05) is 31.9 Å². The lowest BCUT2D eigenvalue weighted by atomic mass is 10.2. The van der Waals surface area contributed by atoms with E-state index in [1.165, 1.54) is 17.7 Å². The molecule has 1 aliphatic heterocycles. The second kappa shape index (κ2) is 9.55. The summed E-state index contributed by atoms with van der Waals surface area (Å²) in [5.74, 6) is 0.806. The molecule has 3 nitrogen and oxygen atoms in total. The van der Waals surface area contributed by atoms with Crippen LogP contribution in [0.3, 0.4) is 0 Å². The molecule has 0 unspecified atom stereocenters. The van der Waals surface area contributed by atoms with Crippen molar-refractivity contribution in [3.8, 4) is 0 Å². The van der Waals surface area contributed by atoms with Crippen LogP contribution < -0.4 is 0 Å². The number of nitrogens with zero attached hydrogens (tertiary/aromatic N) is 2. The molecule has 1 aliphatic rings. The van der Waals surface area contributed by atoms with E-state index in [4.69, 9.17) is 0 Å². The van der Waals surface area contributed by atoms with E-state index in [-0.39, 0.29) is 11.7 Å². The summed E-state index contributed by atoms with van der Waals surface area (Å²) in [5, 5.41) is 0. The van der Waals surface area contributed by atoms with Gasteiger partial charge in [0.05, 0.1) is 0 Å². The number of benzene rings is 2. The van der Waals surface area contributed by atoms with Crippen LogP contribution in [0.5, 0.6) is 0 Å². The summed E-state index contributed by atoms with van der Waals surface area (Å²) in [6.07, 6.45) is 4.37. The number of rotatable bonds is 6. The Balaban J connectivity index is 1.38. The van der Waals surface area contributed by atoms with Crippen LogP contribution in [0.1, 0.15) is 11.1 Å². The highest BCUT2D eigenvalue weighted by atomic mass is 32.2. The van der Waals surface area contributed by atoms with Gasteiger partial charge in [-0.2, -0.15) is 0 Å². The van der Waals surface area contributed by atoms with Crippen molar-refractivity contribution in [1.82, 2.24) is 9.21 Å². The van der Waals surface area contributed by atoms with Gasteiger partial charge in [-0.1, -0.05) is 54.4 Å². The fourth-order valence-corrected chi connectivity index (χ4v) is 3.83. The summed E-state index contributed by atoms with van der Waals surface area (Å²) < 4.78 is 15.2. The predicted octanol–water partition coefficient (Wildman–Crippen LogP) is 3.87. The maximum atomic E-state index is 12.9. The summed E-state index contributed by atoms with van der Waals surface area (Å²) in [6, 6.07) is 16.6. The van der Waals surface area contributed by atoms with Gasteiger partial charge in [0.1, 0.15) is 5.82 Å². The first-order valence-electron chi connectivity index (χ1n) is 8.85. The summed E-state index contributed by atoms with van der Waals surface area (Å²) in [7, 11) is 0. The van der Waals surface area contributed by atoms with Crippen molar-refractivity contribution in [2.45, 2.75) is 6.42 Å². The molecule has 0 aliphatic carbocycles. The van der Waals surface area contributed by atoms with Gasteiger partial charge in [-0.05, 0) is 35.8 Å². The molecule has 1 saturated heterocycles. The second-order valence-corrected chi connectivity index (χ2v) is 7.39. The van der Waals surface area contributed by atoms with E-state index in [2.05, 4.69) is 28.6 Å². The third-order valence-corrected chi connectivity index (χ3v) is 5.46. The van der Waals surface area contributed by atoms with Gasteiger partial charge in [-0.3, -0.25) is 4.79 Å². The Hall–Kier alpha value is -2.11. The Morgan fingerprint density at radius 1 is 1.00 bits per heavy atom. The van der Waals surface area contributed by atoms with E-state index in [1.54, 1.807) is 24.3 Å². The molecule has 1 amide bonds. The molecule has 0 aromatic heterocycles. The van der Waals surface area contributed by atoms with Gasteiger partial charge in [0.25, 0.3) is 0 Å². The molecule has 1 fully saturated rings. The highest BCUT2D eigenvalue weighted by molar-refractivity contribution is 7.97. The fraction of sp³-hybridized carbons (Fsp3) is 0.286. The van der Waals surface area contributed by atoms with E-state index < -0.39 is 0 Å². The average Bonchev–Trinajstić information content (AvgIpc) is 2.69. The molecule has 0 N–H and O–H groups in total. The number of piperazine rings is 1. The van der Waals surface area contributed by atoms with Crippen LogP contribution in [0.15, 0.2) is 60.7 Å². The number of carbonyl (C=O) groups is 1. The van der Waals surface area contributed by atoms with Gasteiger partial charge in [-0.25, -0.2) is 8.70 Å². The number of amides is 1. The minimum absolute atomic E-state index is 0.0169. The van der Waals surface area contributed by atoms with E-state index in [1.807, 2.05) is 22.9 Å². The zero-order valence-corrected chi connectivity index (χ0v) is 15.5. The van der Waals surface area contributed by atoms with Crippen molar-refractivity contribution in [3.63, 3.8) is 0 Å². The molecule has 2 aromatic rings. The van der Waals surface area contributed by atoms with Crippen LogP contribution in [0, 0.1) is 5.82 Å². The Morgan fingerprint density at radius 3 is 2.38 bits per heavy atom. The van der Waals surface area contributed by atoms with Gasteiger partial charge in [0, 0.05) is 38.0 Å². The van der Waals surface area contributed by atoms with Gasteiger partial charge in [-0.15, -0.1) is 0 Å². The maximum absolute atomic E-state index is 12.9. The predicted molar refractivity (Wildman–Crippen MR) is 106 cm³/mol. The first-order chi connectivity index (χ1) is 12.7. The molecule has 3 rings (SSSR count). The number of hydrogen-bond acceptors (Lipinski definition) is 3. The topological polar surface area (TPSA) is 23.6 Å². The lowest BCUT2D eigenvalue weighted by Crippen LogP contribution is -2.45. The van der Waals surface area contributed by atoms with Gasteiger partial charge in [0.15, 0.2) is 0 Å². The summed E-state index contributed by atoms with van der Waals surface area (Å²) >= 11 is 1.86. The van der Waals surface area contributed by atoms with Crippen molar-refractivity contribution in [2.24, 2.45) is 0 Å². The Kier molecular flexibility index (Phi) is 6.86. The average molecular weight is 370 g/mol. The third-order valence-electron chi connectivity index (χ3n) is 4.35. The van der Waals surface area contributed by atoms with Gasteiger partial charge in [0.2, 0.25) is 5.91 Å². The molecule has 0 saturated carbocycles. The largest absolute Gasteiger partial charge is 0.337 e. The summed E-state index contributed by atoms with van der Waals surface area (Å²) in [4.78, 5) is 14.2. The first kappa shape index (κ1) is 18.7. The van der Waals surface area contributed by atoms with E-state index in [9.17, 15) is 9.18 Å². The van der Waals surface area contributed by atoms with Crippen molar-refractivity contribution >= 4 is 23.9 Å². The van der Waals surface area contributed by atoms with Crippen LogP contribution >= 0.6 is 11.9 Å². The Labute approximate surface area is 158 Å². The van der Waals surface area contributed by atoms with Crippen LogP contribution in [0.25, 0.3) is 6.08 Å². The molecule has 5 heteroatoms. The number of aryl methyl sites for hydroxylation is 1. The van der Waals surface area contributed by atoms with Crippen LogP contribution in [-0.4, -0.2) is 47.0 Å². The van der Waals surface area contributed by atoms with Gasteiger partial charge < -0.3 is 4.90 Å². The van der Waals surface area contributed by atoms with Gasteiger partial charge >= 0.3 is 0 Å². The number of halogens is 1. The zero-order valence-electron chi connectivity index (χ0n) is 14.7. The SMILES string of the molecule is O=C(/C=C/c1ccc(F)cc1)N1CCN(SCCc2ccccc2)CC1. The highest BCUT2D eigenvalue weighted by Crippen LogP contribution is 2.16. The fourth-order valence-electron chi connectivity index (χ4n) is 2.82. The molecule has 0 spiro atoms. The van der Waals surface area contributed by atoms with Crippen LogP contribution in [-0.2, 0) is 11.2 Å². The molecule has 1 heterocycles. The minimum atomic E-state index is -0.269. The zero-order chi connectivity index (χ0) is 18.2. The maximum Gasteiger partial charge on any atom is 0.246 e. The Bertz CT molecular complexity index is 725. The standard InChI is InChI=1S/C21H23FN2OS/c22-20-9-6-19(7-10-20)8-11-21(25)23-13-15-24(16-14-23)26-17-12-18-4-2-1-3-5-18/h1-11H,12-17H2/b11-8+. The first-order valence-corrected chi connectivity index (χ1v) is 9.79. The number of hydrogen-bond donors (Lipinski definition) is 0. The van der Waals surface area contributed by atoms with Crippen LogP contribution in [0.4, 0.5) is 4.39 Å². The molecule has 0 atom stereocenters. The van der Waals surface area contributed by atoms with Crippen molar-refractivity contribution < 1.29 is 9.18 Å². The van der Waals surface area contributed by atoms with E-state index in [0.717, 1.165) is 43.9 Å². The molecule has 26 heavy (non-hydrogen) atoms. The smallest absolute Gasteiger partial charge is 0.246 e. The van der Waals surface area contributed by atoms with Crippen molar-refractivity contribution in [3.05, 3.63) is 77.6 Å². The quantitative estimate of drug-likeness (QED) is 0.570. The summed E-state index contributed by atoms with van der Waals surface area (Å²) in [5.41, 5.74) is 2.19. The number of carbonyl (C=O) groups excluding carboxylic acids is 1. The van der Waals surface area contributed by atoms with E-state index in [0.29, 0.717) is 0 Å². The normalized spacial score (nSPS) is 15.5. The monoisotopic (exact) mass is 370 g/mol. The van der Waals surface area contributed by atoms with Crippen molar-refractivity contribution in [1.29, 1.82) is 0 Å². The lowest BCUT2D eigenvalue weighted by molar-refractivity contribution is -0.127. The summed E-state index contributed by atoms with van der Waals surface area (Å²) in [6.45, 7) is 3.25. The van der Waals surface area contributed by atoms with E-state index >= 15 is 0 Å². The van der Waals surface area contributed by atoms with Crippen LogP contribution in [0.2, 0.25) is 0 Å². The third kappa shape index (κ3) is 5.71. The molecule has 136 valence electrons. The second-order valence-electron chi connectivity index (χ2n) is 6.21. The Morgan fingerprint density at radius 2 is 1.69 bits per heavy atom. The molecule has 2 aromatic carbocycles. The minimum Gasteiger partial charge on any atom is -0.337 e. The lowest BCUT2D eigenvalue weighted by Gasteiger charge is -2.33. The highest BCUT2D eigenvalue weighted by Gasteiger charge is 2.19.